The SMILES string of the molecule is CNc1ccc([C@H]2CCCCN2CC(C)C)cn1. The van der Waals surface area contributed by atoms with Crippen molar-refractivity contribution in [2.24, 2.45) is 5.92 Å². The van der Waals surface area contributed by atoms with E-state index >= 15 is 0 Å². The molecule has 1 aromatic heterocycles. The van der Waals surface area contributed by atoms with E-state index in [1.807, 2.05) is 13.2 Å². The highest BCUT2D eigenvalue weighted by atomic mass is 15.2. The number of hydrogen-bond acceptors (Lipinski definition) is 3. The van der Waals surface area contributed by atoms with Crippen LogP contribution in [0.3, 0.4) is 0 Å². The van der Waals surface area contributed by atoms with Gasteiger partial charge in [0.2, 0.25) is 0 Å². The number of nitrogens with one attached hydrogen (secondary N) is 1. The van der Waals surface area contributed by atoms with Crippen LogP contribution in [0.4, 0.5) is 5.82 Å². The van der Waals surface area contributed by atoms with Crippen LogP contribution in [0.2, 0.25) is 0 Å². The monoisotopic (exact) mass is 247 g/mol. The molecule has 1 atom stereocenters. The summed E-state index contributed by atoms with van der Waals surface area (Å²) >= 11 is 0. The van der Waals surface area contributed by atoms with E-state index in [-0.39, 0.29) is 0 Å². The largest absolute Gasteiger partial charge is 0.373 e. The predicted octanol–water partition coefficient (Wildman–Crippen LogP) is 3.31. The Labute approximate surface area is 111 Å². The second-order valence-corrected chi connectivity index (χ2v) is 5.63. The molecule has 18 heavy (non-hydrogen) atoms. The summed E-state index contributed by atoms with van der Waals surface area (Å²) in [5.74, 6) is 1.68. The molecule has 1 aliphatic heterocycles. The molecule has 2 rings (SSSR count). The number of hydrogen-bond donors (Lipinski definition) is 1. The second-order valence-electron chi connectivity index (χ2n) is 5.63. The van der Waals surface area contributed by atoms with E-state index in [2.05, 4.69) is 41.2 Å². The molecule has 0 spiro atoms. The summed E-state index contributed by atoms with van der Waals surface area (Å²) in [7, 11) is 1.91. The van der Waals surface area contributed by atoms with E-state index in [4.69, 9.17) is 0 Å². The number of aromatic nitrogens is 1. The fraction of sp³-hybridized carbons (Fsp3) is 0.667. The van der Waals surface area contributed by atoms with Crippen molar-refractivity contribution in [1.82, 2.24) is 9.88 Å². The van der Waals surface area contributed by atoms with E-state index in [9.17, 15) is 0 Å². The molecule has 0 saturated carbocycles. The van der Waals surface area contributed by atoms with E-state index in [0.717, 1.165) is 11.7 Å². The maximum absolute atomic E-state index is 4.45. The maximum Gasteiger partial charge on any atom is 0.125 e. The lowest BCUT2D eigenvalue weighted by molar-refractivity contribution is 0.132. The van der Waals surface area contributed by atoms with Crippen molar-refractivity contribution in [1.29, 1.82) is 0 Å². The third-order valence-electron chi connectivity index (χ3n) is 3.64. The van der Waals surface area contributed by atoms with Gasteiger partial charge in [-0.15, -0.1) is 0 Å². The van der Waals surface area contributed by atoms with E-state index < -0.39 is 0 Å². The molecule has 1 N–H and O–H groups in total. The van der Waals surface area contributed by atoms with Crippen LogP contribution in [0.15, 0.2) is 18.3 Å². The number of nitrogens with zero attached hydrogens (tertiary/aromatic N) is 2. The van der Waals surface area contributed by atoms with E-state index in [0.29, 0.717) is 6.04 Å². The van der Waals surface area contributed by atoms with Crippen LogP contribution in [-0.2, 0) is 0 Å². The Balaban J connectivity index is 2.11. The normalized spacial score (nSPS) is 21.2. The molecule has 100 valence electrons. The number of pyridine rings is 1. The first-order valence-electron chi connectivity index (χ1n) is 7.08. The fourth-order valence-electron chi connectivity index (χ4n) is 2.81. The Morgan fingerprint density at radius 3 is 2.83 bits per heavy atom. The van der Waals surface area contributed by atoms with Crippen molar-refractivity contribution in [3.63, 3.8) is 0 Å². The molecule has 0 unspecified atom stereocenters. The second kappa shape index (κ2) is 6.19. The van der Waals surface area contributed by atoms with Gasteiger partial charge >= 0.3 is 0 Å². The molecule has 1 fully saturated rings. The third-order valence-corrected chi connectivity index (χ3v) is 3.64. The molecule has 0 aromatic carbocycles. The summed E-state index contributed by atoms with van der Waals surface area (Å²) in [6.45, 7) is 7.02. The van der Waals surface area contributed by atoms with Crippen molar-refractivity contribution in [3.8, 4) is 0 Å². The van der Waals surface area contributed by atoms with Gasteiger partial charge in [0, 0.05) is 25.8 Å². The Kier molecular flexibility index (Phi) is 4.59. The lowest BCUT2D eigenvalue weighted by Gasteiger charge is -2.37. The van der Waals surface area contributed by atoms with Crippen LogP contribution in [-0.4, -0.2) is 30.0 Å². The lowest BCUT2D eigenvalue weighted by atomic mass is 9.95. The first kappa shape index (κ1) is 13.3. The minimum Gasteiger partial charge on any atom is -0.373 e. The topological polar surface area (TPSA) is 28.2 Å². The van der Waals surface area contributed by atoms with Crippen molar-refractivity contribution < 1.29 is 0 Å². The molecule has 0 amide bonds. The summed E-state index contributed by atoms with van der Waals surface area (Å²) < 4.78 is 0. The van der Waals surface area contributed by atoms with Gasteiger partial charge in [-0.1, -0.05) is 26.3 Å². The zero-order valence-electron chi connectivity index (χ0n) is 11.8. The molecular weight excluding hydrogens is 222 g/mol. The van der Waals surface area contributed by atoms with Crippen molar-refractivity contribution in [2.45, 2.75) is 39.2 Å². The molecule has 2 heterocycles. The van der Waals surface area contributed by atoms with Crippen molar-refractivity contribution >= 4 is 5.82 Å². The van der Waals surface area contributed by atoms with E-state index in [1.165, 1.54) is 37.9 Å². The summed E-state index contributed by atoms with van der Waals surface area (Å²) in [4.78, 5) is 7.08. The minimum absolute atomic E-state index is 0.569. The van der Waals surface area contributed by atoms with Gasteiger partial charge in [0.15, 0.2) is 0 Å². The summed E-state index contributed by atoms with van der Waals surface area (Å²) in [5.41, 5.74) is 1.37. The highest BCUT2D eigenvalue weighted by Crippen LogP contribution is 2.31. The van der Waals surface area contributed by atoms with Gasteiger partial charge in [-0.05, 0) is 36.9 Å². The van der Waals surface area contributed by atoms with Crippen LogP contribution < -0.4 is 5.32 Å². The fourth-order valence-corrected chi connectivity index (χ4v) is 2.81. The Morgan fingerprint density at radius 1 is 1.39 bits per heavy atom. The van der Waals surface area contributed by atoms with Gasteiger partial charge in [0.1, 0.15) is 5.82 Å². The molecule has 1 aromatic rings. The zero-order valence-corrected chi connectivity index (χ0v) is 11.8. The van der Waals surface area contributed by atoms with Gasteiger partial charge in [0.05, 0.1) is 0 Å². The lowest BCUT2D eigenvalue weighted by Crippen LogP contribution is -2.36. The molecular formula is C15H25N3. The Morgan fingerprint density at radius 2 is 2.22 bits per heavy atom. The molecule has 3 nitrogen and oxygen atoms in total. The highest BCUT2D eigenvalue weighted by Gasteiger charge is 2.24. The van der Waals surface area contributed by atoms with Gasteiger partial charge in [-0.25, -0.2) is 4.98 Å². The minimum atomic E-state index is 0.569. The number of rotatable bonds is 4. The number of likely N-dealkylation sites (tertiary alicyclic amines) is 1. The van der Waals surface area contributed by atoms with Crippen LogP contribution in [0, 0.1) is 5.92 Å². The van der Waals surface area contributed by atoms with Crippen LogP contribution >= 0.6 is 0 Å². The predicted molar refractivity (Wildman–Crippen MR) is 76.8 cm³/mol. The first-order valence-corrected chi connectivity index (χ1v) is 7.08. The van der Waals surface area contributed by atoms with Crippen LogP contribution in [0.5, 0.6) is 0 Å². The van der Waals surface area contributed by atoms with Crippen molar-refractivity contribution in [2.75, 3.05) is 25.5 Å². The summed E-state index contributed by atoms with van der Waals surface area (Å²) in [5, 5.41) is 3.08. The Bertz CT molecular complexity index is 359. The molecule has 1 aliphatic rings. The van der Waals surface area contributed by atoms with Gasteiger partial charge in [0.25, 0.3) is 0 Å². The first-order chi connectivity index (χ1) is 8.70. The maximum atomic E-state index is 4.45. The summed E-state index contributed by atoms with van der Waals surface area (Å²) in [6.07, 6.45) is 5.99. The van der Waals surface area contributed by atoms with Crippen LogP contribution in [0.25, 0.3) is 0 Å². The smallest absolute Gasteiger partial charge is 0.125 e. The van der Waals surface area contributed by atoms with Crippen molar-refractivity contribution in [3.05, 3.63) is 23.9 Å². The van der Waals surface area contributed by atoms with Gasteiger partial charge < -0.3 is 5.32 Å². The number of piperidine rings is 1. The molecule has 0 bridgehead atoms. The Hall–Kier alpha value is -1.09. The molecule has 3 heteroatoms. The standard InChI is InChI=1S/C15H25N3/c1-12(2)11-18-9-5-4-6-14(18)13-7-8-15(16-3)17-10-13/h7-8,10,12,14H,4-6,9,11H2,1-3H3,(H,16,17)/t14-/m1/s1. The molecule has 0 aliphatic carbocycles. The average molecular weight is 247 g/mol. The summed E-state index contributed by atoms with van der Waals surface area (Å²) in [6, 6.07) is 4.87. The molecule has 0 radical (unpaired) electrons. The van der Waals surface area contributed by atoms with Crippen LogP contribution in [0.1, 0.15) is 44.7 Å². The van der Waals surface area contributed by atoms with Gasteiger partial charge in [-0.3, -0.25) is 4.90 Å². The zero-order chi connectivity index (χ0) is 13.0. The highest BCUT2D eigenvalue weighted by molar-refractivity contribution is 5.35. The van der Waals surface area contributed by atoms with Gasteiger partial charge in [-0.2, -0.15) is 0 Å². The van der Waals surface area contributed by atoms with E-state index in [1.54, 1.807) is 0 Å². The molecule has 1 saturated heterocycles. The quantitative estimate of drug-likeness (QED) is 0.884. The number of anilines is 1. The average Bonchev–Trinajstić information content (AvgIpc) is 2.39. The third kappa shape index (κ3) is 3.22.